The fourth-order valence-electron chi connectivity index (χ4n) is 1.04. The second-order valence-electron chi connectivity index (χ2n) is 3.25. The van der Waals surface area contributed by atoms with Crippen LogP contribution >= 0.6 is 0 Å². The van der Waals surface area contributed by atoms with Crippen molar-refractivity contribution in [3.8, 4) is 0 Å². The Morgan fingerprint density at radius 2 is 2.44 bits per heavy atom. The first-order valence-electron chi connectivity index (χ1n) is 4.80. The standard InChI is InChI=1S/C8H15N5O3/c9-1-8(16)10-2-6-3-13(12-11-6)4-7(15)5-14/h3,7,14-15H,1-2,4-5,9H2,(H,10,16). The van der Waals surface area contributed by atoms with Gasteiger partial charge in [-0.3, -0.25) is 4.79 Å². The SMILES string of the molecule is NCC(=O)NCc1cn(CC(O)CO)nn1. The fourth-order valence-corrected chi connectivity index (χ4v) is 1.04. The molecule has 0 aliphatic carbocycles. The van der Waals surface area contributed by atoms with Crippen LogP contribution in [0.3, 0.4) is 0 Å². The summed E-state index contributed by atoms with van der Waals surface area (Å²) in [6.07, 6.45) is 0.712. The van der Waals surface area contributed by atoms with Gasteiger partial charge in [0.25, 0.3) is 0 Å². The van der Waals surface area contributed by atoms with Gasteiger partial charge in [0.2, 0.25) is 5.91 Å². The van der Waals surface area contributed by atoms with E-state index in [2.05, 4.69) is 15.6 Å². The van der Waals surface area contributed by atoms with E-state index < -0.39 is 6.10 Å². The van der Waals surface area contributed by atoms with E-state index in [9.17, 15) is 4.79 Å². The van der Waals surface area contributed by atoms with Crippen molar-refractivity contribution in [3.63, 3.8) is 0 Å². The predicted molar refractivity (Wildman–Crippen MR) is 54.0 cm³/mol. The molecule has 0 bridgehead atoms. The van der Waals surface area contributed by atoms with Crippen LogP contribution in [0.4, 0.5) is 0 Å². The number of aliphatic hydroxyl groups excluding tert-OH is 2. The Morgan fingerprint density at radius 1 is 1.69 bits per heavy atom. The molecule has 0 fully saturated rings. The van der Waals surface area contributed by atoms with E-state index in [1.165, 1.54) is 4.68 Å². The Bertz CT molecular complexity index is 340. The third-order valence-electron chi connectivity index (χ3n) is 1.85. The maximum atomic E-state index is 10.9. The van der Waals surface area contributed by atoms with Crippen LogP contribution in [0.2, 0.25) is 0 Å². The first kappa shape index (κ1) is 12.6. The van der Waals surface area contributed by atoms with Crippen molar-refractivity contribution in [3.05, 3.63) is 11.9 Å². The minimum atomic E-state index is -0.867. The van der Waals surface area contributed by atoms with Crippen molar-refractivity contribution in [2.75, 3.05) is 13.2 Å². The van der Waals surface area contributed by atoms with Crippen molar-refractivity contribution >= 4 is 5.91 Å². The Labute approximate surface area is 92.1 Å². The maximum Gasteiger partial charge on any atom is 0.234 e. The van der Waals surface area contributed by atoms with Crippen LogP contribution in [0, 0.1) is 0 Å². The lowest BCUT2D eigenvalue weighted by Crippen LogP contribution is -2.29. The molecule has 1 heterocycles. The molecule has 0 aliphatic rings. The maximum absolute atomic E-state index is 10.9. The molecule has 5 N–H and O–H groups in total. The summed E-state index contributed by atoms with van der Waals surface area (Å²) in [6, 6.07) is 0. The third kappa shape index (κ3) is 3.93. The largest absolute Gasteiger partial charge is 0.394 e. The number of hydrogen-bond donors (Lipinski definition) is 4. The van der Waals surface area contributed by atoms with Crippen molar-refractivity contribution in [2.24, 2.45) is 5.73 Å². The molecule has 0 saturated heterocycles. The van der Waals surface area contributed by atoms with Gasteiger partial charge in [0.15, 0.2) is 0 Å². The molecule has 0 spiro atoms. The number of carbonyl (C=O) groups excluding carboxylic acids is 1. The zero-order chi connectivity index (χ0) is 12.0. The summed E-state index contributed by atoms with van der Waals surface area (Å²) in [5.74, 6) is -0.273. The van der Waals surface area contributed by atoms with Gasteiger partial charge in [0.1, 0.15) is 5.69 Å². The van der Waals surface area contributed by atoms with Gasteiger partial charge < -0.3 is 21.3 Å². The number of nitrogens with zero attached hydrogens (tertiary/aromatic N) is 3. The first-order valence-corrected chi connectivity index (χ1v) is 4.80. The molecule has 90 valence electrons. The highest BCUT2D eigenvalue weighted by Crippen LogP contribution is 1.94. The van der Waals surface area contributed by atoms with Gasteiger partial charge >= 0.3 is 0 Å². The van der Waals surface area contributed by atoms with Crippen LogP contribution in [0.1, 0.15) is 5.69 Å². The summed E-state index contributed by atoms with van der Waals surface area (Å²) in [6.45, 7) is -0.00391. The number of carbonyl (C=O) groups is 1. The van der Waals surface area contributed by atoms with Gasteiger partial charge in [-0.05, 0) is 0 Å². The summed E-state index contributed by atoms with van der Waals surface area (Å²) in [7, 11) is 0. The van der Waals surface area contributed by atoms with Crippen LogP contribution in [0.25, 0.3) is 0 Å². The number of nitrogens with two attached hydrogens (primary N) is 1. The van der Waals surface area contributed by atoms with E-state index in [0.717, 1.165) is 0 Å². The molecule has 0 aliphatic heterocycles. The molecular weight excluding hydrogens is 214 g/mol. The molecule has 8 nitrogen and oxygen atoms in total. The molecule has 1 atom stereocenters. The van der Waals surface area contributed by atoms with Crippen LogP contribution in [-0.4, -0.2) is 50.4 Å². The molecule has 0 radical (unpaired) electrons. The molecule has 1 aromatic rings. The molecule has 1 amide bonds. The highest BCUT2D eigenvalue weighted by Gasteiger charge is 2.06. The summed E-state index contributed by atoms with van der Waals surface area (Å²) in [5.41, 5.74) is 5.67. The van der Waals surface area contributed by atoms with Gasteiger partial charge in [-0.25, -0.2) is 4.68 Å². The van der Waals surface area contributed by atoms with Crippen molar-refractivity contribution < 1.29 is 15.0 Å². The number of rotatable bonds is 6. The quantitative estimate of drug-likeness (QED) is 0.417. The molecule has 8 heteroatoms. The number of hydrogen-bond acceptors (Lipinski definition) is 6. The van der Waals surface area contributed by atoms with Gasteiger partial charge in [-0.1, -0.05) is 5.21 Å². The summed E-state index contributed by atoms with van der Waals surface area (Å²) in [4.78, 5) is 10.9. The Morgan fingerprint density at radius 3 is 3.06 bits per heavy atom. The highest BCUT2D eigenvalue weighted by atomic mass is 16.3. The molecule has 16 heavy (non-hydrogen) atoms. The lowest BCUT2D eigenvalue weighted by atomic mass is 10.4. The fraction of sp³-hybridized carbons (Fsp3) is 0.625. The lowest BCUT2D eigenvalue weighted by Gasteiger charge is -2.04. The van der Waals surface area contributed by atoms with Gasteiger partial charge in [0.05, 0.1) is 38.5 Å². The zero-order valence-electron chi connectivity index (χ0n) is 8.70. The molecule has 1 aromatic heterocycles. The van der Waals surface area contributed by atoms with E-state index in [4.69, 9.17) is 15.9 Å². The minimum absolute atomic E-state index is 0.0721. The van der Waals surface area contributed by atoms with Gasteiger partial charge in [-0.2, -0.15) is 0 Å². The Hall–Kier alpha value is -1.51. The highest BCUT2D eigenvalue weighted by molar-refractivity contribution is 5.77. The summed E-state index contributed by atoms with van der Waals surface area (Å²) < 4.78 is 1.39. The third-order valence-corrected chi connectivity index (χ3v) is 1.85. The Balaban J connectivity index is 2.42. The number of nitrogens with one attached hydrogen (secondary N) is 1. The average Bonchev–Trinajstić information content (AvgIpc) is 2.73. The smallest absolute Gasteiger partial charge is 0.234 e. The molecular formula is C8H15N5O3. The lowest BCUT2D eigenvalue weighted by molar-refractivity contribution is -0.119. The van der Waals surface area contributed by atoms with Crippen molar-refractivity contribution in [1.29, 1.82) is 0 Å². The second kappa shape index (κ2) is 6.16. The van der Waals surface area contributed by atoms with Gasteiger partial charge in [-0.15, -0.1) is 5.10 Å². The van der Waals surface area contributed by atoms with Gasteiger partial charge in [0, 0.05) is 0 Å². The van der Waals surface area contributed by atoms with E-state index in [1.54, 1.807) is 6.20 Å². The number of aromatic nitrogens is 3. The Kier molecular flexibility index (Phi) is 4.83. The molecule has 1 unspecified atom stereocenters. The van der Waals surface area contributed by atoms with Crippen LogP contribution in [0.5, 0.6) is 0 Å². The monoisotopic (exact) mass is 229 g/mol. The van der Waals surface area contributed by atoms with Crippen LogP contribution in [0.15, 0.2) is 6.20 Å². The zero-order valence-corrected chi connectivity index (χ0v) is 8.70. The van der Waals surface area contributed by atoms with Crippen molar-refractivity contribution in [2.45, 2.75) is 19.2 Å². The van der Waals surface area contributed by atoms with E-state index in [-0.39, 0.29) is 32.1 Å². The van der Waals surface area contributed by atoms with Crippen molar-refractivity contribution in [1.82, 2.24) is 20.3 Å². The van der Waals surface area contributed by atoms with E-state index in [1.807, 2.05) is 0 Å². The topological polar surface area (TPSA) is 126 Å². The van der Waals surface area contributed by atoms with Crippen LogP contribution < -0.4 is 11.1 Å². The minimum Gasteiger partial charge on any atom is -0.394 e. The predicted octanol–water partition coefficient (Wildman–Crippen LogP) is -2.79. The molecule has 0 saturated carbocycles. The van der Waals surface area contributed by atoms with E-state index >= 15 is 0 Å². The molecule has 1 rings (SSSR count). The van der Waals surface area contributed by atoms with E-state index in [0.29, 0.717) is 5.69 Å². The summed E-state index contributed by atoms with van der Waals surface area (Å²) >= 11 is 0. The summed E-state index contributed by atoms with van der Waals surface area (Å²) in [5, 5.41) is 27.8. The first-order chi connectivity index (χ1) is 7.65. The molecule has 0 aromatic carbocycles. The second-order valence-corrected chi connectivity index (χ2v) is 3.25. The normalized spacial score (nSPS) is 12.4. The average molecular weight is 229 g/mol. The number of aliphatic hydroxyl groups is 2. The number of amides is 1. The van der Waals surface area contributed by atoms with Crippen LogP contribution in [-0.2, 0) is 17.9 Å².